The second-order valence-electron chi connectivity index (χ2n) is 8.04. The summed E-state index contributed by atoms with van der Waals surface area (Å²) in [5, 5.41) is 3.04. The summed E-state index contributed by atoms with van der Waals surface area (Å²) in [6, 6.07) is 9.66. The first-order valence-corrected chi connectivity index (χ1v) is 10.2. The molecule has 1 saturated carbocycles. The fourth-order valence-corrected chi connectivity index (χ4v) is 3.91. The highest BCUT2D eigenvalue weighted by Gasteiger charge is 2.49. The van der Waals surface area contributed by atoms with Crippen LogP contribution in [0.1, 0.15) is 31.7 Å². The third kappa shape index (κ3) is 4.23. The van der Waals surface area contributed by atoms with Gasteiger partial charge in [-0.05, 0) is 30.0 Å². The molecule has 2 aromatic rings. The predicted molar refractivity (Wildman–Crippen MR) is 112 cm³/mol. The Morgan fingerprint density at radius 1 is 1.00 bits per heavy atom. The van der Waals surface area contributed by atoms with Crippen LogP contribution in [0, 0.1) is 11.8 Å². The van der Waals surface area contributed by atoms with Crippen LogP contribution in [0.15, 0.2) is 42.7 Å². The van der Waals surface area contributed by atoms with Crippen molar-refractivity contribution in [3.8, 4) is 0 Å². The largest absolute Gasteiger partial charge is 0.339 e. The molecule has 0 bridgehead atoms. The van der Waals surface area contributed by atoms with Gasteiger partial charge in [0.25, 0.3) is 0 Å². The van der Waals surface area contributed by atoms with Crippen LogP contribution >= 0.6 is 0 Å². The van der Waals surface area contributed by atoms with Crippen molar-refractivity contribution < 1.29 is 9.59 Å². The Morgan fingerprint density at radius 3 is 2.38 bits per heavy atom. The number of benzene rings is 1. The van der Waals surface area contributed by atoms with Crippen LogP contribution < -0.4 is 10.2 Å². The number of anilines is 2. The van der Waals surface area contributed by atoms with E-state index in [-0.39, 0.29) is 23.7 Å². The van der Waals surface area contributed by atoms with Crippen molar-refractivity contribution in [3.63, 3.8) is 0 Å². The number of hydrogen-bond acceptors (Lipinski definition) is 5. The quantitative estimate of drug-likeness (QED) is 0.845. The van der Waals surface area contributed by atoms with Gasteiger partial charge in [-0.15, -0.1) is 0 Å². The number of nitrogens with zero attached hydrogens (tertiary/aromatic N) is 4. The number of amides is 2. The summed E-state index contributed by atoms with van der Waals surface area (Å²) < 4.78 is 0. The highest BCUT2D eigenvalue weighted by atomic mass is 16.2. The van der Waals surface area contributed by atoms with Crippen molar-refractivity contribution >= 4 is 23.5 Å². The average molecular weight is 393 g/mol. The molecule has 1 saturated heterocycles. The molecular weight excluding hydrogens is 366 g/mol. The minimum absolute atomic E-state index is 0.0484. The summed E-state index contributed by atoms with van der Waals surface area (Å²) in [5.74, 6) is 0.655. The molecule has 7 nitrogen and oxygen atoms in total. The molecule has 1 aromatic heterocycles. The van der Waals surface area contributed by atoms with Gasteiger partial charge >= 0.3 is 0 Å². The van der Waals surface area contributed by atoms with Gasteiger partial charge in [-0.2, -0.15) is 0 Å². The first kappa shape index (κ1) is 19.4. The number of carbonyl (C=O) groups is 2. The highest BCUT2D eigenvalue weighted by molar-refractivity contribution is 6.00. The summed E-state index contributed by atoms with van der Waals surface area (Å²) in [6.45, 7) is 6.90. The second kappa shape index (κ2) is 8.19. The predicted octanol–water partition coefficient (Wildman–Crippen LogP) is 2.52. The maximum atomic E-state index is 12.8. The van der Waals surface area contributed by atoms with Crippen molar-refractivity contribution in [1.29, 1.82) is 0 Å². The molecule has 1 aliphatic heterocycles. The maximum Gasteiger partial charge on any atom is 0.228 e. The number of hydrogen-bond donors (Lipinski definition) is 1. The Kier molecular flexibility index (Phi) is 5.47. The van der Waals surface area contributed by atoms with Crippen LogP contribution in [0.5, 0.6) is 0 Å². The van der Waals surface area contributed by atoms with Crippen LogP contribution in [-0.4, -0.2) is 52.9 Å². The molecule has 1 N–H and O–H groups in total. The SMILES string of the molecule is CC(C)c1ccccc1NC(=O)C1CC1C(=O)N1CCN(c2ncccn2)CC1. The minimum Gasteiger partial charge on any atom is -0.339 e. The van der Waals surface area contributed by atoms with Crippen molar-refractivity contribution in [2.24, 2.45) is 11.8 Å². The molecule has 152 valence electrons. The molecule has 29 heavy (non-hydrogen) atoms. The Morgan fingerprint density at radius 2 is 1.69 bits per heavy atom. The van der Waals surface area contributed by atoms with Gasteiger partial charge in [-0.1, -0.05) is 32.0 Å². The van der Waals surface area contributed by atoms with Crippen molar-refractivity contribution in [2.45, 2.75) is 26.2 Å². The fourth-order valence-electron chi connectivity index (χ4n) is 3.91. The Bertz CT molecular complexity index is 878. The third-order valence-electron chi connectivity index (χ3n) is 5.71. The van der Waals surface area contributed by atoms with E-state index in [2.05, 4.69) is 34.0 Å². The first-order valence-electron chi connectivity index (χ1n) is 10.2. The number of para-hydroxylation sites is 1. The van der Waals surface area contributed by atoms with Crippen LogP contribution in [0.25, 0.3) is 0 Å². The van der Waals surface area contributed by atoms with Gasteiger partial charge in [0.1, 0.15) is 0 Å². The van der Waals surface area contributed by atoms with Crippen LogP contribution in [0.3, 0.4) is 0 Å². The Balaban J connectivity index is 1.30. The number of piperazine rings is 1. The van der Waals surface area contributed by atoms with Crippen molar-refractivity contribution in [2.75, 3.05) is 36.4 Å². The van der Waals surface area contributed by atoms with E-state index in [0.717, 1.165) is 11.3 Å². The molecule has 0 spiro atoms. The van der Waals surface area contributed by atoms with Crippen molar-refractivity contribution in [1.82, 2.24) is 14.9 Å². The lowest BCUT2D eigenvalue weighted by Gasteiger charge is -2.34. The zero-order valence-electron chi connectivity index (χ0n) is 16.9. The summed E-state index contributed by atoms with van der Waals surface area (Å²) >= 11 is 0. The summed E-state index contributed by atoms with van der Waals surface area (Å²) in [7, 11) is 0. The molecule has 2 aliphatic rings. The van der Waals surface area contributed by atoms with Gasteiger partial charge in [-0.3, -0.25) is 9.59 Å². The minimum atomic E-state index is -0.224. The number of nitrogens with one attached hydrogen (secondary N) is 1. The summed E-state index contributed by atoms with van der Waals surface area (Å²) in [5.41, 5.74) is 1.96. The van der Waals surface area contributed by atoms with Crippen LogP contribution in [-0.2, 0) is 9.59 Å². The smallest absolute Gasteiger partial charge is 0.228 e. The zero-order chi connectivity index (χ0) is 20.4. The van der Waals surface area contributed by atoms with Crippen LogP contribution in [0.4, 0.5) is 11.6 Å². The lowest BCUT2D eigenvalue weighted by Crippen LogP contribution is -2.50. The summed E-state index contributed by atoms with van der Waals surface area (Å²) in [4.78, 5) is 38.0. The maximum absolute atomic E-state index is 12.8. The van der Waals surface area contributed by atoms with E-state index in [9.17, 15) is 9.59 Å². The molecule has 0 radical (unpaired) electrons. The Labute approximate surface area is 171 Å². The van der Waals surface area contributed by atoms with E-state index in [0.29, 0.717) is 44.5 Å². The zero-order valence-corrected chi connectivity index (χ0v) is 16.9. The first-order chi connectivity index (χ1) is 14.0. The molecule has 4 rings (SSSR count). The van der Waals surface area contributed by atoms with E-state index >= 15 is 0 Å². The third-order valence-corrected chi connectivity index (χ3v) is 5.71. The second-order valence-corrected chi connectivity index (χ2v) is 8.04. The van der Waals surface area contributed by atoms with Gasteiger partial charge in [0.2, 0.25) is 17.8 Å². The number of rotatable bonds is 5. The van der Waals surface area contributed by atoms with Gasteiger partial charge in [0.15, 0.2) is 0 Å². The van der Waals surface area contributed by atoms with E-state index in [1.54, 1.807) is 18.5 Å². The number of aromatic nitrogens is 2. The Hall–Kier alpha value is -2.96. The van der Waals surface area contributed by atoms with E-state index < -0.39 is 0 Å². The number of carbonyl (C=O) groups excluding carboxylic acids is 2. The molecule has 2 fully saturated rings. The monoisotopic (exact) mass is 393 g/mol. The van der Waals surface area contributed by atoms with E-state index in [1.165, 1.54) is 0 Å². The lowest BCUT2D eigenvalue weighted by atomic mass is 10.0. The van der Waals surface area contributed by atoms with Crippen LogP contribution in [0.2, 0.25) is 0 Å². The lowest BCUT2D eigenvalue weighted by molar-refractivity contribution is -0.134. The van der Waals surface area contributed by atoms with Gasteiger partial charge in [0, 0.05) is 44.3 Å². The van der Waals surface area contributed by atoms with E-state index in [1.807, 2.05) is 29.2 Å². The molecule has 1 aliphatic carbocycles. The van der Waals surface area contributed by atoms with Crippen molar-refractivity contribution in [3.05, 3.63) is 48.3 Å². The van der Waals surface area contributed by atoms with Gasteiger partial charge < -0.3 is 15.1 Å². The molecule has 2 unspecified atom stereocenters. The van der Waals surface area contributed by atoms with Gasteiger partial charge in [0.05, 0.1) is 11.8 Å². The fraction of sp³-hybridized carbons (Fsp3) is 0.455. The molecule has 2 heterocycles. The highest BCUT2D eigenvalue weighted by Crippen LogP contribution is 2.41. The normalized spacial score (nSPS) is 21.2. The molecule has 2 amide bonds. The average Bonchev–Trinajstić information content (AvgIpc) is 3.55. The van der Waals surface area contributed by atoms with Gasteiger partial charge in [-0.25, -0.2) is 9.97 Å². The molecule has 1 aromatic carbocycles. The molecular formula is C22H27N5O2. The molecule has 7 heteroatoms. The van der Waals surface area contributed by atoms with E-state index in [4.69, 9.17) is 0 Å². The standard InChI is InChI=1S/C22H27N5O2/c1-15(2)16-6-3-4-7-19(16)25-20(28)17-14-18(17)21(29)26-10-12-27(13-11-26)22-23-8-5-9-24-22/h3-9,15,17-18H,10-14H2,1-2H3,(H,25,28). The topological polar surface area (TPSA) is 78.4 Å². The molecule has 2 atom stereocenters. The summed E-state index contributed by atoms with van der Waals surface area (Å²) in [6.07, 6.45) is 4.09.